The van der Waals surface area contributed by atoms with E-state index in [0.29, 0.717) is 18.0 Å². The van der Waals surface area contributed by atoms with Gasteiger partial charge in [-0.05, 0) is 37.5 Å². The Labute approximate surface area is 154 Å². The van der Waals surface area contributed by atoms with E-state index in [1.165, 1.54) is 12.8 Å². The molecule has 25 heavy (non-hydrogen) atoms. The Morgan fingerprint density at radius 1 is 1.20 bits per heavy atom. The summed E-state index contributed by atoms with van der Waals surface area (Å²) in [4.78, 5) is 15.8. The maximum Gasteiger partial charge on any atom is 0.229 e. The lowest BCUT2D eigenvalue weighted by molar-refractivity contribution is 0.463. The van der Waals surface area contributed by atoms with Crippen LogP contribution in [0.15, 0.2) is 24.5 Å². The van der Waals surface area contributed by atoms with Crippen molar-refractivity contribution in [3.8, 4) is 0 Å². The molecule has 4 rings (SSSR count). The van der Waals surface area contributed by atoms with Crippen LogP contribution in [0.1, 0.15) is 18.4 Å². The highest BCUT2D eigenvalue weighted by molar-refractivity contribution is 5.85. The molecule has 3 N–H and O–H groups in total. The Hall–Kier alpha value is -2.12. The topological polar surface area (TPSA) is 78.0 Å². The second-order valence-corrected chi connectivity index (χ2v) is 6.55. The van der Waals surface area contributed by atoms with Crippen molar-refractivity contribution in [1.29, 1.82) is 0 Å². The van der Waals surface area contributed by atoms with E-state index in [-0.39, 0.29) is 12.4 Å². The van der Waals surface area contributed by atoms with E-state index >= 15 is 0 Å². The summed E-state index contributed by atoms with van der Waals surface area (Å²) in [6.07, 6.45) is 6.14. The second kappa shape index (κ2) is 7.41. The van der Waals surface area contributed by atoms with Crippen molar-refractivity contribution >= 4 is 35.7 Å². The van der Waals surface area contributed by atoms with Gasteiger partial charge < -0.3 is 20.9 Å². The van der Waals surface area contributed by atoms with Crippen LogP contribution in [-0.4, -0.2) is 47.2 Å². The van der Waals surface area contributed by atoms with Gasteiger partial charge in [-0.1, -0.05) is 0 Å². The van der Waals surface area contributed by atoms with Crippen LogP contribution in [0.25, 0.3) is 0 Å². The van der Waals surface area contributed by atoms with Crippen LogP contribution in [0, 0.1) is 6.92 Å². The fourth-order valence-electron chi connectivity index (χ4n) is 3.60. The predicted molar refractivity (Wildman–Crippen MR) is 103 cm³/mol. The molecule has 0 saturated carbocycles. The predicted octanol–water partition coefficient (Wildman–Crippen LogP) is 2.33. The Morgan fingerprint density at radius 3 is 2.64 bits per heavy atom. The number of piperazine rings is 1. The number of hydrogen-bond acceptors (Lipinski definition) is 7. The van der Waals surface area contributed by atoms with Crippen LogP contribution >= 0.6 is 12.4 Å². The van der Waals surface area contributed by atoms with Gasteiger partial charge in [0, 0.05) is 38.4 Å². The minimum absolute atomic E-state index is 0. The molecule has 2 atom stereocenters. The van der Waals surface area contributed by atoms with Crippen molar-refractivity contribution in [2.24, 2.45) is 0 Å². The molecule has 7 nitrogen and oxygen atoms in total. The number of nitrogens with zero attached hydrogens (tertiary/aromatic N) is 4. The van der Waals surface area contributed by atoms with Gasteiger partial charge in [0.05, 0.1) is 11.9 Å². The zero-order valence-electron chi connectivity index (χ0n) is 14.5. The van der Waals surface area contributed by atoms with Crippen LogP contribution < -0.4 is 20.9 Å². The zero-order chi connectivity index (χ0) is 16.5. The van der Waals surface area contributed by atoms with Gasteiger partial charge in [0.25, 0.3) is 0 Å². The summed E-state index contributed by atoms with van der Waals surface area (Å²) < 4.78 is 0. The summed E-state index contributed by atoms with van der Waals surface area (Å²) in [5.41, 5.74) is 1.97. The first-order valence-corrected chi connectivity index (χ1v) is 8.47. The van der Waals surface area contributed by atoms with E-state index < -0.39 is 0 Å². The van der Waals surface area contributed by atoms with Gasteiger partial charge in [-0.25, -0.2) is 9.97 Å². The molecule has 4 heterocycles. The highest BCUT2D eigenvalue weighted by atomic mass is 35.5. The number of pyridine rings is 1. The van der Waals surface area contributed by atoms with Crippen LogP contribution in [0.4, 0.5) is 23.3 Å². The lowest BCUT2D eigenvalue weighted by atomic mass is 10.2. The summed E-state index contributed by atoms with van der Waals surface area (Å²) in [7, 11) is 1.87. The number of fused-ring (bicyclic) bond motifs is 2. The molecule has 2 aliphatic heterocycles. The minimum atomic E-state index is 0. The average Bonchev–Trinajstić information content (AvgIpc) is 2.93. The quantitative estimate of drug-likeness (QED) is 0.771. The molecule has 0 aromatic carbocycles. The Morgan fingerprint density at radius 2 is 1.96 bits per heavy atom. The molecule has 0 amide bonds. The fraction of sp³-hybridized carbons (Fsp3) is 0.471. The van der Waals surface area contributed by atoms with E-state index in [1.54, 1.807) is 6.20 Å². The van der Waals surface area contributed by atoms with Gasteiger partial charge in [-0.3, -0.25) is 0 Å². The minimum Gasteiger partial charge on any atom is -0.373 e. The highest BCUT2D eigenvalue weighted by Gasteiger charge is 2.32. The number of anilines is 4. The van der Waals surface area contributed by atoms with Crippen LogP contribution in [0.5, 0.6) is 0 Å². The van der Waals surface area contributed by atoms with Crippen LogP contribution in [0.2, 0.25) is 0 Å². The molecule has 2 aliphatic rings. The summed E-state index contributed by atoms with van der Waals surface area (Å²) >= 11 is 0. The first-order chi connectivity index (χ1) is 11.7. The fourth-order valence-corrected chi connectivity index (χ4v) is 3.60. The Balaban J connectivity index is 0.00000182. The maximum atomic E-state index is 4.69. The van der Waals surface area contributed by atoms with Gasteiger partial charge in [0.1, 0.15) is 11.6 Å². The maximum absolute atomic E-state index is 4.69. The number of rotatable bonds is 4. The third-order valence-electron chi connectivity index (χ3n) is 4.75. The Kier molecular flexibility index (Phi) is 5.24. The first kappa shape index (κ1) is 17.7. The molecule has 2 aromatic rings. The molecule has 8 heteroatoms. The third kappa shape index (κ3) is 3.77. The van der Waals surface area contributed by atoms with Crippen molar-refractivity contribution < 1.29 is 0 Å². The van der Waals surface area contributed by atoms with E-state index in [0.717, 1.165) is 36.0 Å². The zero-order valence-corrected chi connectivity index (χ0v) is 15.3. The van der Waals surface area contributed by atoms with E-state index in [4.69, 9.17) is 4.98 Å². The number of hydrogen-bond donors (Lipinski definition) is 3. The molecule has 0 radical (unpaired) electrons. The molecule has 0 unspecified atom stereocenters. The van der Waals surface area contributed by atoms with Crippen molar-refractivity contribution in [2.45, 2.75) is 31.8 Å². The number of halogens is 1. The average molecular weight is 362 g/mol. The second-order valence-electron chi connectivity index (χ2n) is 6.55. The van der Waals surface area contributed by atoms with Gasteiger partial charge in [-0.15, -0.1) is 12.4 Å². The number of aryl methyl sites for hydroxylation is 1. The largest absolute Gasteiger partial charge is 0.373 e. The smallest absolute Gasteiger partial charge is 0.229 e. The molecule has 2 aromatic heterocycles. The van der Waals surface area contributed by atoms with Crippen LogP contribution in [0.3, 0.4) is 0 Å². The van der Waals surface area contributed by atoms with Crippen molar-refractivity contribution in [3.05, 3.63) is 30.1 Å². The van der Waals surface area contributed by atoms with Gasteiger partial charge >= 0.3 is 0 Å². The normalized spacial score (nSPS) is 21.6. The SMILES string of the molecule is CNc1ncc(Nc2nccc(N3C[C@H]4CC[C@@H](C3)N4)n2)cc1C.Cl. The van der Waals surface area contributed by atoms with Crippen LogP contribution in [-0.2, 0) is 0 Å². The highest BCUT2D eigenvalue weighted by Crippen LogP contribution is 2.25. The molecular formula is C17H24ClN7. The van der Waals surface area contributed by atoms with E-state index in [1.807, 2.05) is 32.3 Å². The van der Waals surface area contributed by atoms with Gasteiger partial charge in [0.2, 0.25) is 5.95 Å². The molecule has 0 aliphatic carbocycles. The monoisotopic (exact) mass is 361 g/mol. The number of aromatic nitrogens is 3. The molecule has 0 spiro atoms. The third-order valence-corrected chi connectivity index (χ3v) is 4.75. The van der Waals surface area contributed by atoms with E-state index in [2.05, 4.69) is 30.8 Å². The molecular weight excluding hydrogens is 338 g/mol. The summed E-state index contributed by atoms with van der Waals surface area (Å²) in [5, 5.41) is 9.98. The lowest BCUT2D eigenvalue weighted by Crippen LogP contribution is -2.51. The molecule has 2 bridgehead atoms. The first-order valence-electron chi connectivity index (χ1n) is 8.47. The summed E-state index contributed by atoms with van der Waals surface area (Å²) in [5.74, 6) is 2.48. The Bertz CT molecular complexity index is 727. The van der Waals surface area contributed by atoms with Gasteiger partial charge in [-0.2, -0.15) is 4.98 Å². The molecule has 2 fully saturated rings. The summed E-state index contributed by atoms with van der Waals surface area (Å²) in [6, 6.07) is 5.22. The lowest BCUT2D eigenvalue weighted by Gasteiger charge is -2.33. The number of nitrogens with one attached hydrogen (secondary N) is 3. The van der Waals surface area contributed by atoms with Crippen molar-refractivity contribution in [2.75, 3.05) is 35.7 Å². The molecule has 134 valence electrons. The van der Waals surface area contributed by atoms with Gasteiger partial charge in [0.15, 0.2) is 0 Å². The summed E-state index contributed by atoms with van der Waals surface area (Å²) in [6.45, 7) is 4.06. The standard InChI is InChI=1S/C17H23N7.ClH/c1-11-7-14(8-20-16(11)18-2)22-17-19-6-5-15(23-17)24-9-12-3-4-13(10-24)21-12;/h5-8,12-13,21H,3-4,9-10H2,1-2H3,(H,18,20)(H,19,22,23);1H/t12-,13+;. The van der Waals surface area contributed by atoms with Crippen molar-refractivity contribution in [1.82, 2.24) is 20.3 Å². The van der Waals surface area contributed by atoms with E-state index in [9.17, 15) is 0 Å². The molecule has 2 saturated heterocycles. The van der Waals surface area contributed by atoms with Crippen molar-refractivity contribution in [3.63, 3.8) is 0 Å².